The molecule has 0 amide bonds. The number of imidazole rings is 1. The number of benzene rings is 1. The van der Waals surface area contributed by atoms with E-state index in [9.17, 15) is 24.8 Å². The number of nitrogens with zero attached hydrogens (tertiary/aromatic N) is 5. The largest absolute Gasteiger partial charge is 0.389 e. The van der Waals surface area contributed by atoms with Crippen LogP contribution in [0.4, 0.5) is 11.6 Å². The number of nitrogens with one attached hydrogen (secondary N) is 2. The Bertz CT molecular complexity index is 1270. The van der Waals surface area contributed by atoms with Crippen LogP contribution in [-0.4, -0.2) is 54.2 Å². The minimum absolute atomic E-state index is 0.0252. The van der Waals surface area contributed by atoms with Gasteiger partial charge in [0, 0.05) is 24.7 Å². The van der Waals surface area contributed by atoms with Crippen LogP contribution in [0.2, 0.25) is 0 Å². The fraction of sp³-hybridized carbons (Fsp3) is 0.368. The standard InChI is InChI=1S/C19H23N7O6/c1-11(2)32-10-14(27)9-25-15-16(24(3)19(29)22-17(15)28)21-18(25)23-20-8-12-5-4-6-13(7-12)26(30)31/h4-8,11,14,27H,9-10H2,1-3H3,(H,21,23)(H,22,28,29)/b20-8-/t14-/m1/s1. The summed E-state index contributed by atoms with van der Waals surface area (Å²) in [6.07, 6.45) is 0.288. The zero-order chi connectivity index (χ0) is 23.4. The number of ether oxygens (including phenoxy) is 1. The number of aryl methyl sites for hydroxylation is 1. The molecule has 32 heavy (non-hydrogen) atoms. The highest BCUT2D eigenvalue weighted by molar-refractivity contribution is 5.81. The van der Waals surface area contributed by atoms with Crippen molar-refractivity contribution in [1.29, 1.82) is 0 Å². The molecule has 0 spiro atoms. The summed E-state index contributed by atoms with van der Waals surface area (Å²) in [5.41, 5.74) is 1.92. The number of hydrogen-bond donors (Lipinski definition) is 3. The summed E-state index contributed by atoms with van der Waals surface area (Å²) in [6.45, 7) is 3.63. The van der Waals surface area contributed by atoms with Crippen LogP contribution in [0.1, 0.15) is 19.4 Å². The molecule has 0 radical (unpaired) electrons. The van der Waals surface area contributed by atoms with E-state index in [-0.39, 0.29) is 42.1 Å². The number of rotatable bonds is 9. The summed E-state index contributed by atoms with van der Waals surface area (Å²) in [5.74, 6) is 0.0944. The highest BCUT2D eigenvalue weighted by Crippen LogP contribution is 2.17. The lowest BCUT2D eigenvalue weighted by molar-refractivity contribution is -0.384. The Morgan fingerprint density at radius 1 is 1.41 bits per heavy atom. The first-order valence-corrected chi connectivity index (χ1v) is 9.70. The average molecular weight is 445 g/mol. The molecule has 13 nitrogen and oxygen atoms in total. The van der Waals surface area contributed by atoms with Gasteiger partial charge in [0.15, 0.2) is 11.2 Å². The first-order valence-electron chi connectivity index (χ1n) is 9.70. The lowest BCUT2D eigenvalue weighted by Gasteiger charge is -2.15. The monoisotopic (exact) mass is 445 g/mol. The molecule has 3 aromatic rings. The van der Waals surface area contributed by atoms with Crippen molar-refractivity contribution in [2.75, 3.05) is 12.0 Å². The summed E-state index contributed by atoms with van der Waals surface area (Å²) in [6, 6.07) is 5.85. The van der Waals surface area contributed by atoms with E-state index in [1.807, 2.05) is 13.8 Å². The molecule has 3 rings (SSSR count). The van der Waals surface area contributed by atoms with Crippen molar-refractivity contribution in [1.82, 2.24) is 19.1 Å². The van der Waals surface area contributed by atoms with E-state index in [1.165, 1.54) is 40.6 Å². The maximum Gasteiger partial charge on any atom is 0.329 e. The molecule has 3 N–H and O–H groups in total. The van der Waals surface area contributed by atoms with E-state index >= 15 is 0 Å². The lowest BCUT2D eigenvalue weighted by atomic mass is 10.2. The molecule has 0 unspecified atom stereocenters. The van der Waals surface area contributed by atoms with Crippen LogP contribution < -0.4 is 16.7 Å². The van der Waals surface area contributed by atoms with Gasteiger partial charge >= 0.3 is 5.69 Å². The lowest BCUT2D eigenvalue weighted by Crippen LogP contribution is -2.30. The Morgan fingerprint density at radius 3 is 2.84 bits per heavy atom. The molecule has 0 saturated heterocycles. The van der Waals surface area contributed by atoms with Crippen molar-refractivity contribution < 1.29 is 14.8 Å². The van der Waals surface area contributed by atoms with E-state index in [4.69, 9.17) is 4.74 Å². The van der Waals surface area contributed by atoms with Gasteiger partial charge in [-0.3, -0.25) is 24.5 Å². The number of aliphatic hydroxyl groups excluding tert-OH is 1. The van der Waals surface area contributed by atoms with Crippen molar-refractivity contribution in [3.05, 3.63) is 60.8 Å². The number of non-ortho nitro benzene ring substituents is 1. The summed E-state index contributed by atoms with van der Waals surface area (Å²) in [5, 5.41) is 25.3. The molecule has 2 aromatic heterocycles. The van der Waals surface area contributed by atoms with Gasteiger partial charge in [-0.2, -0.15) is 10.1 Å². The van der Waals surface area contributed by atoms with Crippen molar-refractivity contribution in [2.45, 2.75) is 32.6 Å². The van der Waals surface area contributed by atoms with Gasteiger partial charge in [0.1, 0.15) is 0 Å². The summed E-state index contributed by atoms with van der Waals surface area (Å²) < 4.78 is 7.98. The molecule has 0 fully saturated rings. The summed E-state index contributed by atoms with van der Waals surface area (Å²) >= 11 is 0. The van der Waals surface area contributed by atoms with Gasteiger partial charge in [-0.05, 0) is 13.8 Å². The number of hydrogen-bond acceptors (Lipinski definition) is 9. The molecule has 1 atom stereocenters. The number of H-pyrrole nitrogens is 1. The van der Waals surface area contributed by atoms with Gasteiger partial charge < -0.3 is 14.4 Å². The maximum absolute atomic E-state index is 12.5. The average Bonchev–Trinajstić information content (AvgIpc) is 3.09. The third-order valence-electron chi connectivity index (χ3n) is 4.48. The van der Waals surface area contributed by atoms with Crippen LogP contribution in [0.3, 0.4) is 0 Å². The molecular weight excluding hydrogens is 422 g/mol. The molecule has 2 heterocycles. The molecule has 1 aromatic carbocycles. The van der Waals surface area contributed by atoms with Crippen LogP contribution in [0.25, 0.3) is 11.2 Å². The second-order valence-electron chi connectivity index (χ2n) is 7.29. The van der Waals surface area contributed by atoms with Crippen molar-refractivity contribution in [2.24, 2.45) is 12.1 Å². The molecule has 0 saturated carbocycles. The SMILES string of the molecule is CC(C)OC[C@H](O)Cn1c(N/N=C\c2cccc([N+](=O)[O-])c2)nc2c1c(=O)[nH]c(=O)n2C. The van der Waals surface area contributed by atoms with Gasteiger partial charge in [0.05, 0.1) is 36.5 Å². The van der Waals surface area contributed by atoms with Crippen molar-refractivity contribution in [3.63, 3.8) is 0 Å². The number of fused-ring (bicyclic) bond motifs is 1. The number of aromatic amines is 1. The van der Waals surface area contributed by atoms with E-state index in [0.29, 0.717) is 5.56 Å². The van der Waals surface area contributed by atoms with Crippen LogP contribution in [0.5, 0.6) is 0 Å². The van der Waals surface area contributed by atoms with Gasteiger partial charge in [-0.25, -0.2) is 10.2 Å². The fourth-order valence-corrected chi connectivity index (χ4v) is 2.95. The topological polar surface area (TPSA) is 170 Å². The van der Waals surface area contributed by atoms with E-state index < -0.39 is 22.3 Å². The van der Waals surface area contributed by atoms with Gasteiger partial charge in [-0.15, -0.1) is 0 Å². The normalized spacial score (nSPS) is 12.7. The molecule has 170 valence electrons. The fourth-order valence-electron chi connectivity index (χ4n) is 2.95. The van der Waals surface area contributed by atoms with E-state index in [1.54, 1.807) is 6.07 Å². The second kappa shape index (κ2) is 9.53. The first-order chi connectivity index (χ1) is 15.2. The number of nitro benzene ring substituents is 1. The summed E-state index contributed by atoms with van der Waals surface area (Å²) in [4.78, 5) is 41.3. The Labute approximate surface area is 181 Å². The number of hydrazone groups is 1. The van der Waals surface area contributed by atoms with Crippen LogP contribution in [0, 0.1) is 10.1 Å². The maximum atomic E-state index is 12.5. The Morgan fingerprint density at radius 2 is 2.16 bits per heavy atom. The number of nitro groups is 1. The van der Waals surface area contributed by atoms with Gasteiger partial charge in [0.2, 0.25) is 5.95 Å². The Balaban J connectivity index is 1.96. The first kappa shape index (κ1) is 22.8. The summed E-state index contributed by atoms with van der Waals surface area (Å²) in [7, 11) is 1.45. The minimum Gasteiger partial charge on any atom is -0.389 e. The Kier molecular flexibility index (Phi) is 6.80. The number of anilines is 1. The molecule has 13 heteroatoms. The second-order valence-corrected chi connectivity index (χ2v) is 7.29. The zero-order valence-corrected chi connectivity index (χ0v) is 17.7. The van der Waals surface area contributed by atoms with Crippen molar-refractivity contribution in [3.8, 4) is 0 Å². The highest BCUT2D eigenvalue weighted by Gasteiger charge is 2.20. The van der Waals surface area contributed by atoms with Crippen molar-refractivity contribution >= 4 is 29.0 Å². The molecule has 0 aliphatic carbocycles. The van der Waals surface area contributed by atoms with Crippen LogP contribution in [-0.2, 0) is 18.3 Å². The molecule has 0 bridgehead atoms. The smallest absolute Gasteiger partial charge is 0.329 e. The Hall–Kier alpha value is -3.84. The molecule has 0 aliphatic rings. The third kappa shape index (κ3) is 5.07. The zero-order valence-electron chi connectivity index (χ0n) is 17.7. The van der Waals surface area contributed by atoms with Gasteiger partial charge in [-0.1, -0.05) is 12.1 Å². The van der Waals surface area contributed by atoms with Crippen LogP contribution in [0.15, 0.2) is 39.0 Å². The predicted molar refractivity (Wildman–Crippen MR) is 117 cm³/mol. The van der Waals surface area contributed by atoms with Gasteiger partial charge in [0.25, 0.3) is 11.2 Å². The molecule has 0 aliphatic heterocycles. The predicted octanol–water partition coefficient (Wildman–Crippen LogP) is 0.563. The van der Waals surface area contributed by atoms with E-state index in [2.05, 4.69) is 20.5 Å². The van der Waals surface area contributed by atoms with E-state index in [0.717, 1.165) is 0 Å². The minimum atomic E-state index is -0.965. The highest BCUT2D eigenvalue weighted by atomic mass is 16.6. The molecular formula is C19H23N7O6. The quantitative estimate of drug-likeness (QED) is 0.244. The van der Waals surface area contributed by atoms with Crippen LogP contribution >= 0.6 is 0 Å². The third-order valence-corrected chi connectivity index (χ3v) is 4.48. The number of aromatic nitrogens is 4. The number of aliphatic hydroxyl groups is 1.